The molecule has 2 amide bonds. The van der Waals surface area contributed by atoms with Crippen LogP contribution >= 0.6 is 0 Å². The van der Waals surface area contributed by atoms with E-state index >= 15 is 0 Å². The SMILES string of the molecule is COc1ccc2cc3n(c2c1)C[C@](C)(C(=O)NC1CCCCCCC1)N(c1cccc(C)c1C)C3=O. The number of nitrogens with zero attached hydrogens (tertiary/aromatic N) is 2. The van der Waals surface area contributed by atoms with Gasteiger partial charge in [0.05, 0.1) is 19.2 Å². The molecule has 1 atom stereocenters. The van der Waals surface area contributed by atoms with Gasteiger partial charge in [0.1, 0.15) is 17.0 Å². The van der Waals surface area contributed by atoms with Gasteiger partial charge < -0.3 is 14.6 Å². The molecule has 0 spiro atoms. The Labute approximate surface area is 213 Å². The molecule has 1 N–H and O–H groups in total. The number of hydrogen-bond donors (Lipinski definition) is 1. The van der Waals surface area contributed by atoms with Gasteiger partial charge in [0.2, 0.25) is 5.91 Å². The molecule has 0 radical (unpaired) electrons. The summed E-state index contributed by atoms with van der Waals surface area (Å²) in [4.78, 5) is 30.1. The van der Waals surface area contributed by atoms with Crippen LogP contribution in [0.15, 0.2) is 42.5 Å². The molecule has 2 aromatic carbocycles. The van der Waals surface area contributed by atoms with Gasteiger partial charge in [-0.2, -0.15) is 0 Å². The number of nitrogens with one attached hydrogen (secondary N) is 1. The molecule has 3 aromatic rings. The van der Waals surface area contributed by atoms with Crippen molar-refractivity contribution in [3.05, 3.63) is 59.3 Å². The third-order valence-electron chi connectivity index (χ3n) is 8.24. The van der Waals surface area contributed by atoms with Gasteiger partial charge in [-0.25, -0.2) is 0 Å². The van der Waals surface area contributed by atoms with Crippen molar-refractivity contribution in [2.24, 2.45) is 0 Å². The number of methoxy groups -OCH3 is 1. The minimum atomic E-state index is -1.08. The number of carbonyl (C=O) groups is 2. The molecule has 5 rings (SSSR count). The molecule has 0 unspecified atom stereocenters. The van der Waals surface area contributed by atoms with E-state index in [1.165, 1.54) is 19.3 Å². The second kappa shape index (κ2) is 9.64. The van der Waals surface area contributed by atoms with Crippen molar-refractivity contribution in [3.63, 3.8) is 0 Å². The lowest BCUT2D eigenvalue weighted by atomic mass is 9.90. The van der Waals surface area contributed by atoms with Gasteiger partial charge in [0.25, 0.3) is 5.91 Å². The van der Waals surface area contributed by atoms with Crippen molar-refractivity contribution in [3.8, 4) is 5.75 Å². The molecule has 2 heterocycles. The molecule has 6 heteroatoms. The summed E-state index contributed by atoms with van der Waals surface area (Å²) in [7, 11) is 1.64. The quantitative estimate of drug-likeness (QED) is 0.497. The summed E-state index contributed by atoms with van der Waals surface area (Å²) in [6, 6.07) is 13.9. The standard InChI is InChI=1S/C30H37N3O3/c1-20-11-10-14-25(21(20)2)33-28(34)27-17-22-15-16-24(36-4)18-26(22)32(27)19-30(33,3)29(35)31-23-12-8-6-5-7-9-13-23/h10-11,14-18,23H,5-9,12-13,19H2,1-4H3,(H,31,35)/t30-/m1/s1. The van der Waals surface area contributed by atoms with Crippen molar-refractivity contribution in [1.29, 1.82) is 0 Å². The number of carbonyl (C=O) groups excluding carboxylic acids is 2. The second-order valence-corrected chi connectivity index (χ2v) is 10.7. The summed E-state index contributed by atoms with van der Waals surface area (Å²) < 4.78 is 7.46. The van der Waals surface area contributed by atoms with Crippen LogP contribution < -0.4 is 15.0 Å². The first-order chi connectivity index (χ1) is 17.3. The Morgan fingerprint density at radius 1 is 1.03 bits per heavy atom. The van der Waals surface area contributed by atoms with Crippen molar-refractivity contribution in [2.75, 3.05) is 12.0 Å². The third-order valence-corrected chi connectivity index (χ3v) is 8.24. The average molecular weight is 488 g/mol. The molecule has 1 aliphatic carbocycles. The van der Waals surface area contributed by atoms with E-state index in [0.717, 1.165) is 59.2 Å². The second-order valence-electron chi connectivity index (χ2n) is 10.7. The van der Waals surface area contributed by atoms with Crippen LogP contribution in [-0.4, -0.2) is 35.1 Å². The number of ether oxygens (including phenoxy) is 1. The molecule has 1 fully saturated rings. The van der Waals surface area contributed by atoms with Crippen LogP contribution in [0.5, 0.6) is 5.75 Å². The first-order valence-electron chi connectivity index (χ1n) is 13.2. The van der Waals surface area contributed by atoms with E-state index in [4.69, 9.17) is 4.74 Å². The van der Waals surface area contributed by atoms with E-state index in [9.17, 15) is 9.59 Å². The minimum Gasteiger partial charge on any atom is -0.497 e. The third kappa shape index (κ3) is 4.16. The van der Waals surface area contributed by atoms with E-state index in [-0.39, 0.29) is 17.9 Å². The van der Waals surface area contributed by atoms with Crippen molar-refractivity contribution in [2.45, 2.75) is 83.8 Å². The van der Waals surface area contributed by atoms with E-state index in [1.807, 2.05) is 67.8 Å². The lowest BCUT2D eigenvalue weighted by Crippen LogP contribution is -2.65. The summed E-state index contributed by atoms with van der Waals surface area (Å²) >= 11 is 0. The summed E-state index contributed by atoms with van der Waals surface area (Å²) in [5, 5.41) is 4.34. The zero-order chi connectivity index (χ0) is 25.4. The number of fused-ring (bicyclic) bond motifs is 3. The molecule has 0 saturated heterocycles. The predicted molar refractivity (Wildman–Crippen MR) is 144 cm³/mol. The van der Waals surface area contributed by atoms with Crippen molar-refractivity contribution >= 4 is 28.4 Å². The lowest BCUT2D eigenvalue weighted by molar-refractivity contribution is -0.127. The number of aromatic nitrogens is 1. The number of benzene rings is 2. The monoisotopic (exact) mass is 487 g/mol. The van der Waals surface area contributed by atoms with Gasteiger partial charge in [-0.15, -0.1) is 0 Å². The highest BCUT2D eigenvalue weighted by atomic mass is 16.5. The van der Waals surface area contributed by atoms with Gasteiger partial charge in [-0.1, -0.05) is 44.2 Å². The first-order valence-corrected chi connectivity index (χ1v) is 13.2. The lowest BCUT2D eigenvalue weighted by Gasteiger charge is -2.45. The molecular formula is C30H37N3O3. The van der Waals surface area contributed by atoms with Crippen LogP contribution in [-0.2, 0) is 11.3 Å². The zero-order valence-electron chi connectivity index (χ0n) is 21.9. The van der Waals surface area contributed by atoms with E-state index in [0.29, 0.717) is 12.2 Å². The molecular weight excluding hydrogens is 450 g/mol. The van der Waals surface area contributed by atoms with Crippen LogP contribution in [0.3, 0.4) is 0 Å². The highest BCUT2D eigenvalue weighted by molar-refractivity contribution is 6.14. The Bertz CT molecular complexity index is 1300. The normalized spacial score (nSPS) is 21.1. The van der Waals surface area contributed by atoms with Gasteiger partial charge in [0.15, 0.2) is 0 Å². The van der Waals surface area contributed by atoms with Crippen LogP contribution in [0.2, 0.25) is 0 Å². The fourth-order valence-corrected chi connectivity index (χ4v) is 5.89. The Morgan fingerprint density at radius 3 is 2.47 bits per heavy atom. The van der Waals surface area contributed by atoms with Gasteiger partial charge in [-0.05, 0) is 69.0 Å². The summed E-state index contributed by atoms with van der Waals surface area (Å²) in [5.74, 6) is 0.492. The predicted octanol–water partition coefficient (Wildman–Crippen LogP) is 5.91. The number of anilines is 1. The highest BCUT2D eigenvalue weighted by Gasteiger charge is 2.49. The number of rotatable bonds is 4. The maximum absolute atomic E-state index is 14.2. The van der Waals surface area contributed by atoms with Gasteiger partial charge in [-0.3, -0.25) is 14.5 Å². The number of amides is 2. The Balaban J connectivity index is 1.61. The Morgan fingerprint density at radius 2 is 1.75 bits per heavy atom. The fourth-order valence-electron chi connectivity index (χ4n) is 5.89. The first kappa shape index (κ1) is 24.4. The summed E-state index contributed by atoms with van der Waals surface area (Å²) in [6.45, 7) is 6.36. The van der Waals surface area contributed by atoms with E-state index in [2.05, 4.69) is 5.32 Å². The average Bonchev–Trinajstić information content (AvgIpc) is 3.21. The number of aryl methyl sites for hydroxylation is 1. The van der Waals surface area contributed by atoms with Crippen LogP contribution in [0, 0.1) is 13.8 Å². The maximum Gasteiger partial charge on any atom is 0.275 e. The molecule has 1 saturated carbocycles. The topological polar surface area (TPSA) is 63.6 Å². The maximum atomic E-state index is 14.2. The number of hydrogen-bond acceptors (Lipinski definition) is 3. The molecule has 1 aliphatic heterocycles. The molecule has 36 heavy (non-hydrogen) atoms. The van der Waals surface area contributed by atoms with Crippen LogP contribution in [0.25, 0.3) is 10.9 Å². The fraction of sp³-hybridized carbons (Fsp3) is 0.467. The summed E-state index contributed by atoms with van der Waals surface area (Å²) in [6.07, 6.45) is 7.97. The van der Waals surface area contributed by atoms with Crippen molar-refractivity contribution in [1.82, 2.24) is 9.88 Å². The molecule has 190 valence electrons. The van der Waals surface area contributed by atoms with Crippen LogP contribution in [0.4, 0.5) is 5.69 Å². The highest BCUT2D eigenvalue weighted by Crippen LogP contribution is 2.38. The summed E-state index contributed by atoms with van der Waals surface area (Å²) in [5.41, 5.74) is 3.32. The molecule has 6 nitrogen and oxygen atoms in total. The molecule has 0 bridgehead atoms. The Hall–Kier alpha value is -3.28. The smallest absolute Gasteiger partial charge is 0.275 e. The zero-order valence-corrected chi connectivity index (χ0v) is 21.9. The Kier molecular flexibility index (Phi) is 6.54. The van der Waals surface area contributed by atoms with Crippen molar-refractivity contribution < 1.29 is 14.3 Å². The largest absolute Gasteiger partial charge is 0.497 e. The van der Waals surface area contributed by atoms with E-state index < -0.39 is 5.54 Å². The van der Waals surface area contributed by atoms with Gasteiger partial charge in [0, 0.05) is 23.2 Å². The van der Waals surface area contributed by atoms with Crippen LogP contribution in [0.1, 0.15) is 73.5 Å². The van der Waals surface area contributed by atoms with E-state index in [1.54, 1.807) is 12.0 Å². The van der Waals surface area contributed by atoms with Gasteiger partial charge >= 0.3 is 0 Å². The molecule has 1 aromatic heterocycles. The molecule has 2 aliphatic rings. The minimum absolute atomic E-state index is 0.0854.